The predicted octanol–water partition coefficient (Wildman–Crippen LogP) is 1.50. The van der Waals surface area contributed by atoms with Gasteiger partial charge in [0, 0.05) is 31.0 Å². The first kappa shape index (κ1) is 16.5. The maximum Gasteiger partial charge on any atom is 0.239 e. The van der Waals surface area contributed by atoms with Gasteiger partial charge in [-0.25, -0.2) is 9.37 Å². The number of ether oxygens (including phenoxy) is 1. The van der Waals surface area contributed by atoms with Gasteiger partial charge in [-0.1, -0.05) is 12.1 Å². The number of nitrogens with zero attached hydrogens (tertiary/aromatic N) is 2. The van der Waals surface area contributed by atoms with Gasteiger partial charge in [0.2, 0.25) is 5.91 Å². The van der Waals surface area contributed by atoms with Gasteiger partial charge in [0.15, 0.2) is 5.82 Å². The summed E-state index contributed by atoms with van der Waals surface area (Å²) >= 11 is 0. The molecule has 1 aromatic heterocycles. The minimum absolute atomic E-state index is 0.152. The quantitative estimate of drug-likeness (QED) is 0.839. The molecule has 7 heteroatoms. The Bertz CT molecular complexity index is 673. The van der Waals surface area contributed by atoms with E-state index >= 15 is 0 Å². The van der Waals surface area contributed by atoms with Crippen molar-refractivity contribution in [3.8, 4) is 0 Å². The molecule has 0 bridgehead atoms. The molecular weight excluding hydrogens is 311 g/mol. The smallest absolute Gasteiger partial charge is 0.239 e. The fourth-order valence-corrected chi connectivity index (χ4v) is 2.85. The summed E-state index contributed by atoms with van der Waals surface area (Å²) in [6.45, 7) is 1.94. The van der Waals surface area contributed by atoms with Gasteiger partial charge in [0.05, 0.1) is 19.3 Å². The highest BCUT2D eigenvalue weighted by Gasteiger charge is 2.36. The largest absolute Gasteiger partial charge is 0.380 e. The number of hydrogen-bond acceptors (Lipinski definition) is 5. The number of carbonyl (C=O) groups is 1. The van der Waals surface area contributed by atoms with Gasteiger partial charge in [-0.2, -0.15) is 0 Å². The van der Waals surface area contributed by atoms with Gasteiger partial charge in [-0.05, 0) is 24.1 Å². The Labute approximate surface area is 139 Å². The highest BCUT2D eigenvalue weighted by Crippen LogP contribution is 2.32. The summed E-state index contributed by atoms with van der Waals surface area (Å²) in [5.41, 5.74) is 0.781. The summed E-state index contributed by atoms with van der Waals surface area (Å²) < 4.78 is 18.7. The Kier molecular flexibility index (Phi) is 5.12. The fraction of sp³-hybridized carbons (Fsp3) is 0.353. The van der Waals surface area contributed by atoms with Crippen molar-refractivity contribution < 1.29 is 13.9 Å². The molecule has 1 atom stereocenters. The Morgan fingerprint density at radius 1 is 1.29 bits per heavy atom. The topological polar surface area (TPSA) is 76.1 Å². The van der Waals surface area contributed by atoms with E-state index in [-0.39, 0.29) is 23.7 Å². The highest BCUT2D eigenvalue weighted by molar-refractivity contribution is 5.91. The Hall–Kier alpha value is -2.38. The van der Waals surface area contributed by atoms with Crippen molar-refractivity contribution in [3.05, 3.63) is 54.2 Å². The van der Waals surface area contributed by atoms with Crippen molar-refractivity contribution in [1.82, 2.24) is 15.3 Å². The zero-order valence-electron chi connectivity index (χ0n) is 13.2. The van der Waals surface area contributed by atoms with E-state index in [1.807, 2.05) is 0 Å². The second-order valence-electron chi connectivity index (χ2n) is 5.83. The minimum Gasteiger partial charge on any atom is -0.380 e. The summed E-state index contributed by atoms with van der Waals surface area (Å²) in [4.78, 5) is 19.8. The number of hydrogen-bond donors (Lipinski definition) is 2. The fourth-order valence-electron chi connectivity index (χ4n) is 2.85. The molecule has 1 aromatic carbocycles. The van der Waals surface area contributed by atoms with E-state index in [2.05, 4.69) is 20.6 Å². The molecule has 2 heterocycles. The summed E-state index contributed by atoms with van der Waals surface area (Å²) in [6.07, 6.45) is 5.38. The van der Waals surface area contributed by atoms with Gasteiger partial charge in [0.1, 0.15) is 5.82 Å². The van der Waals surface area contributed by atoms with Crippen LogP contribution in [0.25, 0.3) is 0 Å². The standard InChI is InChI=1S/C17H19FN4O2/c18-14-3-1-13(2-4-14)17(5-8-24-12-17)11-20-10-16(23)22-15-9-19-6-7-21-15/h1-4,6-7,9,20H,5,8,10-12H2,(H,21,22,23)/t17-/m0/s1. The number of nitrogens with one attached hydrogen (secondary N) is 2. The maximum absolute atomic E-state index is 13.2. The van der Waals surface area contributed by atoms with Gasteiger partial charge >= 0.3 is 0 Å². The molecule has 2 aromatic rings. The lowest BCUT2D eigenvalue weighted by atomic mass is 9.79. The Morgan fingerprint density at radius 2 is 2.12 bits per heavy atom. The van der Waals surface area contributed by atoms with E-state index in [4.69, 9.17) is 4.74 Å². The van der Waals surface area contributed by atoms with E-state index in [1.54, 1.807) is 18.3 Å². The van der Waals surface area contributed by atoms with Crippen LogP contribution in [0.2, 0.25) is 0 Å². The monoisotopic (exact) mass is 330 g/mol. The van der Waals surface area contributed by atoms with Crippen LogP contribution in [0.4, 0.5) is 10.2 Å². The summed E-state index contributed by atoms with van der Waals surface area (Å²) in [5, 5.41) is 5.84. The van der Waals surface area contributed by atoms with Gasteiger partial charge in [-0.15, -0.1) is 0 Å². The SMILES string of the molecule is O=C(CNC[C@@]1(c2ccc(F)cc2)CCOC1)Nc1cnccn1. The molecule has 3 rings (SSSR count). The molecule has 0 saturated carbocycles. The highest BCUT2D eigenvalue weighted by atomic mass is 19.1. The number of anilines is 1. The van der Waals surface area contributed by atoms with Crippen molar-refractivity contribution in [1.29, 1.82) is 0 Å². The van der Waals surface area contributed by atoms with E-state index < -0.39 is 0 Å². The lowest BCUT2D eigenvalue weighted by Gasteiger charge is -2.28. The minimum atomic E-state index is -0.260. The molecule has 1 aliphatic heterocycles. The Balaban J connectivity index is 1.57. The summed E-state index contributed by atoms with van der Waals surface area (Å²) in [6, 6.07) is 6.48. The second kappa shape index (κ2) is 7.46. The lowest BCUT2D eigenvalue weighted by Crippen LogP contribution is -2.41. The molecule has 2 N–H and O–H groups in total. The van der Waals surface area contributed by atoms with Crippen molar-refractivity contribution in [3.63, 3.8) is 0 Å². The lowest BCUT2D eigenvalue weighted by molar-refractivity contribution is -0.115. The van der Waals surface area contributed by atoms with Crippen LogP contribution in [0.15, 0.2) is 42.9 Å². The van der Waals surface area contributed by atoms with Crippen LogP contribution < -0.4 is 10.6 Å². The average Bonchev–Trinajstić information content (AvgIpc) is 3.06. The van der Waals surface area contributed by atoms with E-state index in [0.717, 1.165) is 12.0 Å². The number of aromatic nitrogens is 2. The average molecular weight is 330 g/mol. The van der Waals surface area contributed by atoms with Crippen LogP contribution in [0, 0.1) is 5.82 Å². The van der Waals surface area contributed by atoms with E-state index in [1.165, 1.54) is 24.5 Å². The van der Waals surface area contributed by atoms with Crippen LogP contribution in [-0.4, -0.2) is 42.2 Å². The molecule has 1 aliphatic rings. The molecule has 1 saturated heterocycles. The van der Waals surface area contributed by atoms with Crippen LogP contribution in [0.5, 0.6) is 0 Å². The predicted molar refractivity (Wildman–Crippen MR) is 87.0 cm³/mol. The molecule has 0 radical (unpaired) electrons. The number of carbonyl (C=O) groups excluding carboxylic acids is 1. The normalized spacial score (nSPS) is 20.0. The molecule has 126 valence electrons. The van der Waals surface area contributed by atoms with Crippen molar-refractivity contribution in [2.24, 2.45) is 0 Å². The Morgan fingerprint density at radius 3 is 2.79 bits per heavy atom. The third-order valence-electron chi connectivity index (χ3n) is 4.14. The zero-order chi connectivity index (χ0) is 16.8. The summed E-state index contributed by atoms with van der Waals surface area (Å²) in [5.74, 6) is -0.0328. The summed E-state index contributed by atoms with van der Waals surface area (Å²) in [7, 11) is 0. The van der Waals surface area contributed by atoms with Crippen LogP contribution in [0.1, 0.15) is 12.0 Å². The molecule has 1 fully saturated rings. The van der Waals surface area contributed by atoms with Crippen molar-refractivity contribution >= 4 is 11.7 Å². The van der Waals surface area contributed by atoms with Crippen LogP contribution in [0.3, 0.4) is 0 Å². The number of amides is 1. The molecule has 1 amide bonds. The number of rotatable bonds is 6. The van der Waals surface area contributed by atoms with Crippen molar-refractivity contribution in [2.75, 3.05) is 31.6 Å². The molecule has 0 aliphatic carbocycles. The van der Waals surface area contributed by atoms with Gasteiger partial charge in [0.25, 0.3) is 0 Å². The molecule has 24 heavy (non-hydrogen) atoms. The zero-order valence-corrected chi connectivity index (χ0v) is 13.2. The van der Waals surface area contributed by atoms with E-state index in [9.17, 15) is 9.18 Å². The molecule has 0 spiro atoms. The van der Waals surface area contributed by atoms with Gasteiger partial charge < -0.3 is 15.4 Å². The molecule has 6 nitrogen and oxygen atoms in total. The number of benzene rings is 1. The number of halogens is 1. The van der Waals surface area contributed by atoms with E-state index in [0.29, 0.717) is 25.6 Å². The molecular formula is C17H19FN4O2. The molecule has 0 unspecified atom stereocenters. The van der Waals surface area contributed by atoms with Crippen LogP contribution in [-0.2, 0) is 14.9 Å². The van der Waals surface area contributed by atoms with Crippen molar-refractivity contribution in [2.45, 2.75) is 11.8 Å². The maximum atomic E-state index is 13.2. The first-order valence-electron chi connectivity index (χ1n) is 7.78. The van der Waals surface area contributed by atoms with Gasteiger partial charge in [-0.3, -0.25) is 9.78 Å². The van der Waals surface area contributed by atoms with Crippen LogP contribution >= 0.6 is 0 Å². The second-order valence-corrected chi connectivity index (χ2v) is 5.83. The first-order chi connectivity index (χ1) is 11.7. The third-order valence-corrected chi connectivity index (χ3v) is 4.14. The first-order valence-corrected chi connectivity index (χ1v) is 7.78. The third kappa shape index (κ3) is 3.93.